The van der Waals surface area contributed by atoms with Gasteiger partial charge < -0.3 is 20.8 Å². The lowest BCUT2D eigenvalue weighted by Crippen LogP contribution is -2.44. The van der Waals surface area contributed by atoms with Gasteiger partial charge in [-0.3, -0.25) is 9.59 Å². The normalized spacial score (nSPS) is 15.7. The summed E-state index contributed by atoms with van der Waals surface area (Å²) in [6.45, 7) is 0. The molecular weight excluding hydrogens is 176 g/mol. The van der Waals surface area contributed by atoms with E-state index in [9.17, 15) is 9.59 Å². The molecule has 0 aliphatic carbocycles. The molecule has 76 valence electrons. The van der Waals surface area contributed by atoms with E-state index in [-0.39, 0.29) is 6.42 Å². The smallest absolute Gasteiger partial charge is 0.320 e. The predicted molar refractivity (Wildman–Crippen MR) is 45.6 cm³/mol. The third kappa shape index (κ3) is 3.86. The van der Waals surface area contributed by atoms with Gasteiger partial charge in [-0.25, -0.2) is 0 Å². The van der Waals surface area contributed by atoms with Crippen molar-refractivity contribution in [3.8, 4) is 0 Å². The fourth-order valence-corrected chi connectivity index (χ4v) is 0.910. The maximum atomic E-state index is 10.9. The minimum atomic E-state index is -1.05. The highest BCUT2D eigenvalue weighted by Gasteiger charge is 2.24. The van der Waals surface area contributed by atoms with E-state index in [1.807, 2.05) is 0 Å². The molecule has 0 aromatic rings. The van der Waals surface area contributed by atoms with Gasteiger partial charge in [0.15, 0.2) is 0 Å². The third-order valence-corrected chi connectivity index (χ3v) is 1.75. The summed E-state index contributed by atoms with van der Waals surface area (Å²) >= 11 is 0. The van der Waals surface area contributed by atoms with Crippen LogP contribution in [-0.4, -0.2) is 48.3 Å². The average molecular weight is 192 g/mol. The van der Waals surface area contributed by atoms with Gasteiger partial charge in [0.2, 0.25) is 0 Å². The summed E-state index contributed by atoms with van der Waals surface area (Å²) in [6, 6.07) is -1.63. The highest BCUT2D eigenvalue weighted by molar-refractivity contribution is 5.77. The van der Waals surface area contributed by atoms with E-state index in [0.29, 0.717) is 0 Å². The van der Waals surface area contributed by atoms with Crippen LogP contribution < -0.4 is 10.6 Å². The maximum Gasteiger partial charge on any atom is 0.320 e. The summed E-state index contributed by atoms with van der Waals surface area (Å²) in [4.78, 5) is 21.5. The van der Waals surface area contributed by atoms with Gasteiger partial charge in [-0.2, -0.15) is 0 Å². The Morgan fingerprint density at radius 2 is 1.77 bits per heavy atom. The average Bonchev–Trinajstić information content (AvgIpc) is 2.18. The van der Waals surface area contributed by atoms with E-state index >= 15 is 0 Å². The Kier molecular flexibility index (Phi) is 4.20. The van der Waals surface area contributed by atoms with Gasteiger partial charge in [-0.05, 0) is 20.5 Å². The second-order valence-electron chi connectivity index (χ2n) is 2.58. The molecule has 0 spiro atoms. The first-order chi connectivity index (χ1) is 6.56. The lowest BCUT2D eigenvalue weighted by Gasteiger charge is -2.16. The molecule has 2 atom stereocenters. The van der Waals surface area contributed by atoms with Crippen LogP contribution in [0.15, 0.2) is 0 Å². The molecule has 0 saturated carbocycles. The van der Waals surface area contributed by atoms with Gasteiger partial charge in [0.25, 0.3) is 1.43 Å². The van der Waals surface area contributed by atoms with Crippen molar-refractivity contribution in [1.29, 1.82) is 1.43 Å². The Hall–Kier alpha value is -1.14. The van der Waals surface area contributed by atoms with Crippen molar-refractivity contribution in [2.24, 2.45) is 0 Å². The summed E-state index contributed by atoms with van der Waals surface area (Å²) in [7, 11) is 2.98. The molecule has 0 amide bonds. The first-order valence-electron chi connectivity index (χ1n) is 4.22. The number of likely N-dealkylation sites (N-methyl/N-ethyl adjacent to an activating group) is 2. The molecule has 2 unspecified atom stereocenters. The van der Waals surface area contributed by atoms with Crippen LogP contribution in [-0.2, 0) is 9.59 Å². The summed E-state index contributed by atoms with van der Waals surface area (Å²) in [5.74, 6) is -1.85. The fourth-order valence-electron chi connectivity index (χ4n) is 0.910. The summed E-state index contributed by atoms with van der Waals surface area (Å²) < 4.78 is 6.39. The summed E-state index contributed by atoms with van der Waals surface area (Å²) in [5.41, 5.74) is 0. The zero-order chi connectivity index (χ0) is 11.1. The number of rotatable bonds is 6. The Morgan fingerprint density at radius 1 is 1.31 bits per heavy atom. The molecule has 13 heavy (non-hydrogen) atoms. The molecule has 6 heteroatoms. The standard InChI is InChI=1S/C7H14N2O4/c1-8-4(6(10)11)3-5(9-2)7(12)13/h4-5,8-9H,3H2,1-2H3,(H,10,11)(H,12,13)/i/hT. The van der Waals surface area contributed by atoms with Crippen molar-refractivity contribution in [2.45, 2.75) is 18.5 Å². The second kappa shape index (κ2) is 5.50. The molecule has 0 aromatic heterocycles. The molecule has 0 aromatic carbocycles. The maximum absolute atomic E-state index is 10.9. The summed E-state index contributed by atoms with van der Waals surface area (Å²) in [6.07, 6.45) is 0.0278. The molecule has 0 aliphatic rings. The number of nitrogens with one attached hydrogen (secondary N) is 2. The molecule has 4 N–H and O–H groups in total. The molecular formula is C7H14N2O4. The molecule has 0 heterocycles. The van der Waals surface area contributed by atoms with Crippen LogP contribution in [0.25, 0.3) is 1.43 Å². The highest BCUT2D eigenvalue weighted by Crippen LogP contribution is 1.98. The Labute approximate surface area is 77.4 Å². The van der Waals surface area contributed by atoms with E-state index in [1.54, 1.807) is 0 Å². The van der Waals surface area contributed by atoms with Gasteiger partial charge in [-0.15, -0.1) is 0 Å². The molecule has 0 radical (unpaired) electrons. The number of carbonyl (C=O) groups is 2. The Morgan fingerprint density at radius 3 is 2.08 bits per heavy atom. The van der Waals surface area contributed by atoms with Crippen LogP contribution in [0.1, 0.15) is 6.42 Å². The molecule has 0 bridgehead atoms. The minimum absolute atomic E-state index is 0.0278. The lowest BCUT2D eigenvalue weighted by atomic mass is 10.1. The number of hydrogen-bond donors (Lipinski definition) is 4. The van der Waals surface area contributed by atoms with Crippen LogP contribution in [0.3, 0.4) is 0 Å². The Balaban J connectivity index is 4.28. The quantitative estimate of drug-likeness (QED) is 0.418. The zero-order valence-electron chi connectivity index (χ0n) is 8.53. The first-order valence-corrected chi connectivity index (χ1v) is 3.81. The van der Waals surface area contributed by atoms with Crippen LogP contribution in [0.2, 0.25) is 0 Å². The van der Waals surface area contributed by atoms with E-state index in [4.69, 9.17) is 6.54 Å². The molecule has 0 fully saturated rings. The van der Waals surface area contributed by atoms with Crippen molar-refractivity contribution >= 4 is 11.9 Å². The summed E-state index contributed by atoms with van der Waals surface area (Å²) in [5, 5.41) is 17.6. The SMILES string of the molecule is [3H]OC(=O)C(CC(NC)C(=O)O)NC. The Bertz CT molecular complexity index is 212. The second-order valence-corrected chi connectivity index (χ2v) is 2.58. The van der Waals surface area contributed by atoms with Crippen molar-refractivity contribution in [3.63, 3.8) is 0 Å². The van der Waals surface area contributed by atoms with Gasteiger partial charge in [-0.1, -0.05) is 0 Å². The number of aliphatic carboxylic acids is 2. The lowest BCUT2D eigenvalue weighted by molar-refractivity contribution is -0.142. The predicted octanol–water partition coefficient (Wildman–Crippen LogP) is -1.28. The van der Waals surface area contributed by atoms with Crippen molar-refractivity contribution in [1.82, 2.24) is 10.6 Å². The monoisotopic (exact) mass is 192 g/mol. The third-order valence-electron chi connectivity index (χ3n) is 1.75. The largest absolute Gasteiger partial charge is 0.480 e. The van der Waals surface area contributed by atoms with Crippen molar-refractivity contribution < 1.29 is 19.8 Å². The van der Waals surface area contributed by atoms with Gasteiger partial charge in [0.05, 0.1) is 0 Å². The van der Waals surface area contributed by atoms with Crippen LogP contribution >= 0.6 is 0 Å². The van der Waals surface area contributed by atoms with E-state index in [1.165, 1.54) is 14.1 Å². The number of carboxylic acid groups (broad SMARTS) is 2. The van der Waals surface area contributed by atoms with E-state index < -0.39 is 24.0 Å². The van der Waals surface area contributed by atoms with Crippen molar-refractivity contribution in [3.05, 3.63) is 0 Å². The molecule has 6 nitrogen and oxygen atoms in total. The first kappa shape index (κ1) is 9.94. The molecule has 0 saturated heterocycles. The van der Waals surface area contributed by atoms with Gasteiger partial charge in [0.1, 0.15) is 12.1 Å². The molecule has 0 aliphatic heterocycles. The fraction of sp³-hybridized carbons (Fsp3) is 0.714. The van der Waals surface area contributed by atoms with Gasteiger partial charge in [0, 0.05) is 0 Å². The molecule has 0 rings (SSSR count). The number of hydrogen-bond acceptors (Lipinski definition) is 5. The topological polar surface area (TPSA) is 98.7 Å². The minimum Gasteiger partial charge on any atom is -0.480 e. The van der Waals surface area contributed by atoms with Crippen molar-refractivity contribution in [2.75, 3.05) is 14.1 Å². The highest BCUT2D eigenvalue weighted by atomic mass is 16.4. The van der Waals surface area contributed by atoms with Crippen LogP contribution in [0.5, 0.6) is 0 Å². The van der Waals surface area contributed by atoms with Crippen LogP contribution in [0.4, 0.5) is 0 Å². The van der Waals surface area contributed by atoms with E-state index in [2.05, 4.69) is 15.7 Å². The zero-order valence-corrected chi connectivity index (χ0v) is 7.53. The number of carboxylic acids is 2. The van der Waals surface area contributed by atoms with E-state index in [0.717, 1.165) is 0 Å². The van der Waals surface area contributed by atoms with Crippen LogP contribution in [0, 0.1) is 0 Å². The van der Waals surface area contributed by atoms with Gasteiger partial charge >= 0.3 is 11.9 Å².